The molecule has 0 saturated carbocycles. The van der Waals surface area contributed by atoms with Gasteiger partial charge >= 0.3 is 0 Å². The van der Waals surface area contributed by atoms with Crippen molar-refractivity contribution >= 4 is 22.7 Å². The third kappa shape index (κ3) is 4.26. The van der Waals surface area contributed by atoms with Gasteiger partial charge in [0.15, 0.2) is 5.16 Å². The SMILES string of the molecule is O=c1c2ccccc2nc(SCc2coc(-c3ccc(F)cc3)n2)n1C[C@H]1CCCO1. The maximum atomic E-state index is 13.2. The highest BCUT2D eigenvalue weighted by molar-refractivity contribution is 7.98. The van der Waals surface area contributed by atoms with Crippen molar-refractivity contribution in [3.8, 4) is 11.5 Å². The fraction of sp³-hybridized carbons (Fsp3) is 0.261. The Morgan fingerprint density at radius 2 is 1.97 bits per heavy atom. The van der Waals surface area contributed by atoms with Gasteiger partial charge in [-0.1, -0.05) is 23.9 Å². The summed E-state index contributed by atoms with van der Waals surface area (Å²) >= 11 is 1.44. The van der Waals surface area contributed by atoms with Crippen LogP contribution in [0.1, 0.15) is 18.5 Å². The van der Waals surface area contributed by atoms with Crippen LogP contribution < -0.4 is 5.56 Å². The van der Waals surface area contributed by atoms with Gasteiger partial charge in [0.1, 0.15) is 12.1 Å². The molecule has 1 aliphatic rings. The van der Waals surface area contributed by atoms with Gasteiger partial charge in [0.2, 0.25) is 5.89 Å². The lowest BCUT2D eigenvalue weighted by Gasteiger charge is -2.16. The Kier molecular flexibility index (Phi) is 5.57. The fourth-order valence-corrected chi connectivity index (χ4v) is 4.53. The van der Waals surface area contributed by atoms with E-state index in [1.54, 1.807) is 29.0 Å². The van der Waals surface area contributed by atoms with Crippen LogP contribution in [-0.4, -0.2) is 27.2 Å². The summed E-state index contributed by atoms with van der Waals surface area (Å²) in [6.45, 7) is 1.21. The van der Waals surface area contributed by atoms with Gasteiger partial charge in [-0.3, -0.25) is 9.36 Å². The molecule has 1 fully saturated rings. The number of fused-ring (bicyclic) bond motifs is 1. The van der Waals surface area contributed by atoms with Crippen LogP contribution in [0, 0.1) is 5.82 Å². The average Bonchev–Trinajstić information content (AvgIpc) is 3.47. The number of ether oxygens (including phenoxy) is 1. The van der Waals surface area contributed by atoms with E-state index in [0.717, 1.165) is 25.1 Å². The van der Waals surface area contributed by atoms with Crippen LogP contribution in [-0.2, 0) is 17.0 Å². The Hall–Kier alpha value is -2.97. The number of para-hydroxylation sites is 1. The van der Waals surface area contributed by atoms with Crippen molar-refractivity contribution in [1.29, 1.82) is 0 Å². The van der Waals surface area contributed by atoms with Crippen molar-refractivity contribution in [3.63, 3.8) is 0 Å². The number of hydrogen-bond acceptors (Lipinski definition) is 6. The van der Waals surface area contributed by atoms with E-state index in [4.69, 9.17) is 14.1 Å². The molecule has 31 heavy (non-hydrogen) atoms. The van der Waals surface area contributed by atoms with Gasteiger partial charge in [-0.25, -0.2) is 14.4 Å². The number of oxazole rings is 1. The maximum Gasteiger partial charge on any atom is 0.262 e. The zero-order chi connectivity index (χ0) is 21.2. The summed E-state index contributed by atoms with van der Waals surface area (Å²) in [4.78, 5) is 22.4. The number of nitrogens with zero attached hydrogens (tertiary/aromatic N) is 3. The molecule has 0 N–H and O–H groups in total. The van der Waals surface area contributed by atoms with Gasteiger partial charge in [0.05, 0.1) is 29.2 Å². The molecule has 0 amide bonds. The summed E-state index contributed by atoms with van der Waals surface area (Å²) in [5.74, 6) is 0.609. The second-order valence-electron chi connectivity index (χ2n) is 7.40. The molecule has 1 atom stereocenters. The molecule has 158 valence electrons. The summed E-state index contributed by atoms with van der Waals surface area (Å²) in [6.07, 6.45) is 3.55. The molecule has 0 radical (unpaired) electrons. The molecule has 2 aromatic heterocycles. The molecule has 0 aliphatic carbocycles. The van der Waals surface area contributed by atoms with Crippen LogP contribution >= 0.6 is 11.8 Å². The molecule has 8 heteroatoms. The van der Waals surface area contributed by atoms with Crippen LogP contribution in [0.25, 0.3) is 22.4 Å². The van der Waals surface area contributed by atoms with Crippen molar-refractivity contribution in [3.05, 3.63) is 76.7 Å². The Morgan fingerprint density at radius 1 is 1.13 bits per heavy atom. The summed E-state index contributed by atoms with van der Waals surface area (Å²) in [6, 6.07) is 13.4. The minimum Gasteiger partial charge on any atom is -0.444 e. The van der Waals surface area contributed by atoms with Gasteiger partial charge in [-0.2, -0.15) is 0 Å². The van der Waals surface area contributed by atoms with Crippen molar-refractivity contribution < 1.29 is 13.5 Å². The first-order chi connectivity index (χ1) is 15.2. The van der Waals surface area contributed by atoms with Crippen LogP contribution in [0.5, 0.6) is 0 Å². The zero-order valence-electron chi connectivity index (χ0n) is 16.7. The second-order valence-corrected chi connectivity index (χ2v) is 8.34. The van der Waals surface area contributed by atoms with E-state index >= 15 is 0 Å². The van der Waals surface area contributed by atoms with Gasteiger partial charge in [0.25, 0.3) is 5.56 Å². The van der Waals surface area contributed by atoms with E-state index in [9.17, 15) is 9.18 Å². The second kappa shape index (κ2) is 8.64. The first-order valence-electron chi connectivity index (χ1n) is 10.1. The van der Waals surface area contributed by atoms with Crippen molar-refractivity contribution in [2.24, 2.45) is 0 Å². The van der Waals surface area contributed by atoms with Crippen LogP contribution in [0.4, 0.5) is 4.39 Å². The standard InChI is InChI=1S/C23H20FN3O3S/c24-16-9-7-15(8-10-16)21-25-17(13-30-21)14-31-23-26-20-6-2-1-5-19(20)22(28)27(23)12-18-4-3-11-29-18/h1-2,5-10,13,18H,3-4,11-12,14H2/t18-/m1/s1. The number of thioether (sulfide) groups is 1. The molecule has 2 aromatic carbocycles. The number of hydrogen-bond donors (Lipinski definition) is 0. The van der Waals surface area contributed by atoms with Crippen molar-refractivity contribution in [1.82, 2.24) is 14.5 Å². The molecule has 3 heterocycles. The monoisotopic (exact) mass is 437 g/mol. The van der Waals surface area contributed by atoms with E-state index in [1.165, 1.54) is 23.9 Å². The number of rotatable bonds is 6. The normalized spacial score (nSPS) is 16.2. The zero-order valence-corrected chi connectivity index (χ0v) is 17.5. The lowest BCUT2D eigenvalue weighted by atomic mass is 10.2. The molecule has 0 spiro atoms. The van der Waals surface area contributed by atoms with Gasteiger partial charge in [-0.15, -0.1) is 0 Å². The Labute approximate surface area is 182 Å². The summed E-state index contributed by atoms with van der Waals surface area (Å²) in [5, 5.41) is 1.23. The summed E-state index contributed by atoms with van der Waals surface area (Å²) in [5.41, 5.74) is 2.04. The molecular formula is C23H20FN3O3S. The van der Waals surface area contributed by atoms with Gasteiger partial charge < -0.3 is 9.15 Å². The molecule has 0 unspecified atom stereocenters. The molecule has 1 aliphatic heterocycles. The lowest BCUT2D eigenvalue weighted by molar-refractivity contribution is 0.0937. The predicted molar refractivity (Wildman–Crippen MR) is 116 cm³/mol. The highest BCUT2D eigenvalue weighted by atomic mass is 32.2. The first-order valence-corrected chi connectivity index (χ1v) is 11.1. The van der Waals surface area contributed by atoms with Gasteiger partial charge in [0, 0.05) is 17.9 Å². The smallest absolute Gasteiger partial charge is 0.262 e. The highest BCUT2D eigenvalue weighted by Crippen LogP contribution is 2.26. The number of aromatic nitrogens is 3. The minimum atomic E-state index is -0.308. The Balaban J connectivity index is 1.41. The van der Waals surface area contributed by atoms with Crippen LogP contribution in [0.15, 0.2) is 69.2 Å². The lowest BCUT2D eigenvalue weighted by Crippen LogP contribution is -2.28. The number of benzene rings is 2. The average molecular weight is 437 g/mol. The molecule has 0 bridgehead atoms. The first kappa shape index (κ1) is 20.0. The third-order valence-corrected chi connectivity index (χ3v) is 6.24. The quantitative estimate of drug-likeness (QED) is 0.323. The van der Waals surface area contributed by atoms with Crippen LogP contribution in [0.2, 0.25) is 0 Å². The van der Waals surface area contributed by atoms with Gasteiger partial charge in [-0.05, 0) is 49.2 Å². The highest BCUT2D eigenvalue weighted by Gasteiger charge is 2.20. The fourth-order valence-electron chi connectivity index (χ4n) is 3.65. The summed E-state index contributed by atoms with van der Waals surface area (Å²) < 4.78 is 26.2. The Morgan fingerprint density at radius 3 is 2.77 bits per heavy atom. The molecular weight excluding hydrogens is 417 g/mol. The molecule has 5 rings (SSSR count). The van der Waals surface area contributed by atoms with E-state index in [0.29, 0.717) is 39.8 Å². The maximum absolute atomic E-state index is 13.2. The van der Waals surface area contributed by atoms with E-state index < -0.39 is 0 Å². The topological polar surface area (TPSA) is 70.2 Å². The van der Waals surface area contributed by atoms with E-state index in [-0.39, 0.29) is 17.5 Å². The van der Waals surface area contributed by atoms with E-state index in [1.807, 2.05) is 18.2 Å². The minimum absolute atomic E-state index is 0.0251. The third-order valence-electron chi connectivity index (χ3n) is 5.23. The molecule has 1 saturated heterocycles. The Bertz CT molecular complexity index is 1260. The predicted octanol–water partition coefficient (Wildman–Crippen LogP) is 4.66. The van der Waals surface area contributed by atoms with Crippen molar-refractivity contribution in [2.75, 3.05) is 6.61 Å². The molecule has 6 nitrogen and oxygen atoms in total. The van der Waals surface area contributed by atoms with Crippen molar-refractivity contribution in [2.45, 2.75) is 36.4 Å². The molecule has 4 aromatic rings. The largest absolute Gasteiger partial charge is 0.444 e. The number of halogens is 1. The van der Waals surface area contributed by atoms with E-state index in [2.05, 4.69) is 4.98 Å². The summed E-state index contributed by atoms with van der Waals surface area (Å²) in [7, 11) is 0. The van der Waals surface area contributed by atoms with Crippen LogP contribution in [0.3, 0.4) is 0 Å².